The van der Waals surface area contributed by atoms with E-state index in [9.17, 15) is 9.18 Å². The summed E-state index contributed by atoms with van der Waals surface area (Å²) in [6.07, 6.45) is 1.60. The van der Waals surface area contributed by atoms with E-state index in [0.29, 0.717) is 22.9 Å². The third kappa shape index (κ3) is 3.93. The van der Waals surface area contributed by atoms with Crippen molar-refractivity contribution in [1.82, 2.24) is 0 Å². The zero-order valence-corrected chi connectivity index (χ0v) is 10.4. The maximum atomic E-state index is 13.3. The predicted molar refractivity (Wildman–Crippen MR) is 64.2 cm³/mol. The largest absolute Gasteiger partial charge is 0.299 e. The van der Waals surface area contributed by atoms with E-state index in [0.717, 1.165) is 6.42 Å². The van der Waals surface area contributed by atoms with E-state index in [4.69, 9.17) is 11.6 Å². The van der Waals surface area contributed by atoms with E-state index in [1.54, 1.807) is 0 Å². The summed E-state index contributed by atoms with van der Waals surface area (Å²) in [7, 11) is 0. The van der Waals surface area contributed by atoms with Crippen LogP contribution in [-0.2, 0) is 11.2 Å². The van der Waals surface area contributed by atoms with E-state index in [2.05, 4.69) is 0 Å². The summed E-state index contributed by atoms with van der Waals surface area (Å²) < 4.78 is 13.3. The average Bonchev–Trinajstić information content (AvgIpc) is 2.23. The second kappa shape index (κ2) is 6.00. The third-order valence-corrected chi connectivity index (χ3v) is 2.90. The van der Waals surface area contributed by atoms with Gasteiger partial charge >= 0.3 is 0 Å². The molecule has 0 aliphatic rings. The van der Waals surface area contributed by atoms with Gasteiger partial charge in [0.2, 0.25) is 0 Å². The third-order valence-electron chi connectivity index (χ3n) is 2.67. The fraction of sp³-hybridized carbons (Fsp3) is 0.462. The monoisotopic (exact) mass is 242 g/mol. The van der Waals surface area contributed by atoms with Gasteiger partial charge in [-0.3, -0.25) is 4.79 Å². The first kappa shape index (κ1) is 13.2. The fourth-order valence-corrected chi connectivity index (χ4v) is 1.69. The number of hydrogen-bond donors (Lipinski definition) is 0. The maximum absolute atomic E-state index is 13.3. The van der Waals surface area contributed by atoms with Crippen molar-refractivity contribution >= 4 is 17.4 Å². The standard InChI is InChI=1S/C13H16ClFO/c1-3-9(2)6-12(16)8-10-7-11(14)4-5-13(10)15/h4-5,7,9H,3,6,8H2,1-2H3. The molecule has 1 unspecified atom stereocenters. The van der Waals surface area contributed by atoms with Crippen LogP contribution in [0.25, 0.3) is 0 Å². The number of halogens is 2. The van der Waals surface area contributed by atoms with Crippen molar-refractivity contribution in [2.75, 3.05) is 0 Å². The minimum atomic E-state index is -0.359. The number of carbonyl (C=O) groups excluding carboxylic acids is 1. The van der Waals surface area contributed by atoms with Crippen LogP contribution in [0, 0.1) is 11.7 Å². The van der Waals surface area contributed by atoms with Crippen LogP contribution >= 0.6 is 11.6 Å². The molecule has 1 rings (SSSR count). The number of ketones is 1. The van der Waals surface area contributed by atoms with Crippen LogP contribution in [0.5, 0.6) is 0 Å². The summed E-state index contributed by atoms with van der Waals surface area (Å²) in [6, 6.07) is 4.30. The highest BCUT2D eigenvalue weighted by atomic mass is 35.5. The smallest absolute Gasteiger partial charge is 0.137 e. The molecule has 0 aliphatic carbocycles. The summed E-state index contributed by atoms with van der Waals surface area (Å²) in [5.41, 5.74) is 0.390. The molecule has 0 fully saturated rings. The molecule has 0 heterocycles. The highest BCUT2D eigenvalue weighted by molar-refractivity contribution is 6.30. The summed E-state index contributed by atoms with van der Waals surface area (Å²) in [5.74, 6) is 0.0622. The Hall–Kier alpha value is -0.890. The molecule has 0 N–H and O–H groups in total. The second-order valence-electron chi connectivity index (χ2n) is 4.17. The van der Waals surface area contributed by atoms with Gasteiger partial charge in [0.15, 0.2) is 0 Å². The van der Waals surface area contributed by atoms with Crippen LogP contribution in [0.1, 0.15) is 32.3 Å². The normalized spacial score (nSPS) is 12.5. The van der Waals surface area contributed by atoms with Gasteiger partial charge in [-0.1, -0.05) is 31.9 Å². The molecular weight excluding hydrogens is 227 g/mol. The average molecular weight is 243 g/mol. The van der Waals surface area contributed by atoms with Crippen LogP contribution in [0.15, 0.2) is 18.2 Å². The molecule has 1 aromatic carbocycles. The van der Waals surface area contributed by atoms with E-state index in [1.807, 2.05) is 13.8 Å². The van der Waals surface area contributed by atoms with Crippen LogP contribution in [0.4, 0.5) is 4.39 Å². The molecule has 3 heteroatoms. The Balaban J connectivity index is 2.65. The summed E-state index contributed by atoms with van der Waals surface area (Å²) in [6.45, 7) is 4.06. The second-order valence-corrected chi connectivity index (χ2v) is 4.61. The summed E-state index contributed by atoms with van der Waals surface area (Å²) in [4.78, 5) is 11.6. The van der Waals surface area contributed by atoms with Crippen LogP contribution < -0.4 is 0 Å². The maximum Gasteiger partial charge on any atom is 0.137 e. The number of rotatable bonds is 5. The minimum absolute atomic E-state index is 0.0653. The molecule has 0 saturated heterocycles. The number of benzene rings is 1. The van der Waals surface area contributed by atoms with Gasteiger partial charge in [0.25, 0.3) is 0 Å². The van der Waals surface area contributed by atoms with E-state index < -0.39 is 0 Å². The zero-order chi connectivity index (χ0) is 12.1. The van der Waals surface area contributed by atoms with Crippen LogP contribution in [0.2, 0.25) is 5.02 Å². The van der Waals surface area contributed by atoms with E-state index in [1.165, 1.54) is 18.2 Å². The summed E-state index contributed by atoms with van der Waals surface area (Å²) >= 11 is 5.76. The lowest BCUT2D eigenvalue weighted by atomic mass is 9.98. The van der Waals surface area contributed by atoms with Crippen molar-refractivity contribution < 1.29 is 9.18 Å². The van der Waals surface area contributed by atoms with Gasteiger partial charge in [-0.15, -0.1) is 0 Å². The molecule has 88 valence electrons. The van der Waals surface area contributed by atoms with Gasteiger partial charge in [-0.2, -0.15) is 0 Å². The molecule has 0 aromatic heterocycles. The highest BCUT2D eigenvalue weighted by Crippen LogP contribution is 2.17. The van der Waals surface area contributed by atoms with Gasteiger partial charge in [-0.25, -0.2) is 4.39 Å². The number of carbonyl (C=O) groups is 1. The Morgan fingerprint density at radius 3 is 2.81 bits per heavy atom. The molecule has 0 saturated carbocycles. The van der Waals surface area contributed by atoms with Crippen molar-refractivity contribution in [3.63, 3.8) is 0 Å². The Bertz CT molecular complexity index is 376. The van der Waals surface area contributed by atoms with Crippen LogP contribution in [-0.4, -0.2) is 5.78 Å². The van der Waals surface area contributed by atoms with Crippen molar-refractivity contribution in [2.45, 2.75) is 33.1 Å². The first-order valence-corrected chi connectivity index (χ1v) is 5.86. The van der Waals surface area contributed by atoms with Gasteiger partial charge < -0.3 is 0 Å². The lowest BCUT2D eigenvalue weighted by Gasteiger charge is -2.07. The molecule has 1 atom stereocenters. The van der Waals surface area contributed by atoms with Crippen molar-refractivity contribution in [1.29, 1.82) is 0 Å². The topological polar surface area (TPSA) is 17.1 Å². The molecule has 0 spiro atoms. The van der Waals surface area contributed by atoms with E-state index >= 15 is 0 Å². The fourth-order valence-electron chi connectivity index (χ4n) is 1.50. The van der Waals surface area contributed by atoms with Crippen molar-refractivity contribution in [3.8, 4) is 0 Å². The molecule has 0 aliphatic heterocycles. The molecule has 1 nitrogen and oxygen atoms in total. The molecular formula is C13H16ClFO. The Kier molecular flexibility index (Phi) is 4.94. The quantitative estimate of drug-likeness (QED) is 0.762. The molecule has 0 radical (unpaired) electrons. The van der Waals surface area contributed by atoms with E-state index in [-0.39, 0.29) is 18.0 Å². The number of Topliss-reactive ketones (excluding diaryl/α,β-unsaturated/α-hetero) is 1. The Morgan fingerprint density at radius 2 is 2.19 bits per heavy atom. The first-order valence-electron chi connectivity index (χ1n) is 5.48. The SMILES string of the molecule is CCC(C)CC(=O)Cc1cc(Cl)ccc1F. The minimum Gasteiger partial charge on any atom is -0.299 e. The van der Waals surface area contributed by atoms with Gasteiger partial charge in [0.05, 0.1) is 0 Å². The lowest BCUT2D eigenvalue weighted by molar-refractivity contribution is -0.119. The lowest BCUT2D eigenvalue weighted by Crippen LogP contribution is -2.09. The van der Waals surface area contributed by atoms with Crippen molar-refractivity contribution in [2.24, 2.45) is 5.92 Å². The Morgan fingerprint density at radius 1 is 1.50 bits per heavy atom. The molecule has 1 aromatic rings. The zero-order valence-electron chi connectivity index (χ0n) is 9.59. The highest BCUT2D eigenvalue weighted by Gasteiger charge is 2.11. The Labute approximate surface area is 101 Å². The molecule has 0 bridgehead atoms. The van der Waals surface area contributed by atoms with Gasteiger partial charge in [0.1, 0.15) is 11.6 Å². The van der Waals surface area contributed by atoms with Crippen molar-refractivity contribution in [3.05, 3.63) is 34.6 Å². The number of hydrogen-bond acceptors (Lipinski definition) is 1. The molecule has 0 amide bonds. The molecule has 16 heavy (non-hydrogen) atoms. The first-order chi connectivity index (χ1) is 7.52. The van der Waals surface area contributed by atoms with Gasteiger partial charge in [0, 0.05) is 17.9 Å². The van der Waals surface area contributed by atoms with Gasteiger partial charge in [-0.05, 0) is 29.7 Å². The van der Waals surface area contributed by atoms with Crippen LogP contribution in [0.3, 0.4) is 0 Å². The summed E-state index contributed by atoms with van der Waals surface area (Å²) in [5, 5.41) is 0.465. The predicted octanol–water partition coefficient (Wildman–Crippen LogP) is 4.03.